The molecule has 2 aromatic rings. The van der Waals surface area contributed by atoms with Gasteiger partial charge in [0.25, 0.3) is 0 Å². The number of fused-ring (bicyclic) bond motifs is 2. The molecule has 1 aliphatic heterocycles. The van der Waals surface area contributed by atoms with E-state index in [1.54, 1.807) is 0 Å². The number of halogens is 1. The molecule has 3 rings (SSSR count). The lowest BCUT2D eigenvalue weighted by Crippen LogP contribution is -2.12. The first kappa shape index (κ1) is 13.5. The zero-order valence-corrected chi connectivity index (χ0v) is 13.2. The van der Waals surface area contributed by atoms with E-state index in [1.807, 2.05) is 39.2 Å². The standard InChI is InChI=1S/C15H16ClN3S/c1-9-6-13-15(8-11(9)17)20(16)14-7-10(19(2)3)4-5-12(14)18-13/h4-8H,17H2,1-3H3. The summed E-state index contributed by atoms with van der Waals surface area (Å²) in [5, 5.41) is 0.950. The maximum atomic E-state index is 6.67. The monoisotopic (exact) mass is 305 g/mol. The van der Waals surface area contributed by atoms with Gasteiger partial charge in [-0.25, -0.2) is 4.99 Å². The van der Waals surface area contributed by atoms with Crippen LogP contribution in [-0.2, 0) is 0 Å². The van der Waals surface area contributed by atoms with E-state index < -0.39 is 9.70 Å². The second-order valence-electron chi connectivity index (χ2n) is 5.09. The van der Waals surface area contributed by atoms with Crippen molar-refractivity contribution in [3.05, 3.63) is 45.8 Å². The van der Waals surface area contributed by atoms with Crippen LogP contribution in [0.5, 0.6) is 0 Å². The van der Waals surface area contributed by atoms with E-state index in [0.717, 1.165) is 37.4 Å². The fourth-order valence-corrected chi connectivity index (χ4v) is 4.20. The summed E-state index contributed by atoms with van der Waals surface area (Å²) in [7, 11) is 10.2. The van der Waals surface area contributed by atoms with Crippen LogP contribution in [0.2, 0.25) is 0 Å². The van der Waals surface area contributed by atoms with E-state index in [9.17, 15) is 0 Å². The fraction of sp³-hybridized carbons (Fsp3) is 0.200. The summed E-state index contributed by atoms with van der Waals surface area (Å²) < 4.78 is 1.06. The number of aryl methyl sites for hydroxylation is 1. The molecule has 1 heterocycles. The molecular weight excluding hydrogens is 290 g/mol. The number of nitrogens with two attached hydrogens (primary N) is 1. The van der Waals surface area contributed by atoms with Gasteiger partial charge in [0, 0.05) is 34.9 Å². The van der Waals surface area contributed by atoms with Gasteiger partial charge in [-0.1, -0.05) is 9.70 Å². The number of hydrogen-bond acceptors (Lipinski definition) is 3. The summed E-state index contributed by atoms with van der Waals surface area (Å²) in [6.45, 7) is 1.99. The SMILES string of the molecule is Cc1cc2c(cc1N)S(Cl)=c1cc(N(C)C)ccc1=N2. The summed E-state index contributed by atoms with van der Waals surface area (Å²) in [5.41, 5.74) is 9.86. The molecule has 5 heteroatoms. The molecule has 2 aromatic carbocycles. The van der Waals surface area contributed by atoms with Crippen LogP contribution in [0.3, 0.4) is 0 Å². The molecule has 0 bridgehead atoms. The molecule has 2 N–H and O–H groups in total. The number of anilines is 2. The number of benzene rings is 2. The van der Waals surface area contributed by atoms with Crippen molar-refractivity contribution in [1.82, 2.24) is 0 Å². The summed E-state index contributed by atoms with van der Waals surface area (Å²) in [5.74, 6) is 0. The summed E-state index contributed by atoms with van der Waals surface area (Å²) >= 11 is 0. The maximum Gasteiger partial charge on any atom is 0.0784 e. The van der Waals surface area contributed by atoms with Gasteiger partial charge in [-0.05, 0) is 53.5 Å². The molecule has 0 amide bonds. The van der Waals surface area contributed by atoms with Gasteiger partial charge in [0.1, 0.15) is 0 Å². The molecule has 1 aliphatic rings. The van der Waals surface area contributed by atoms with Crippen LogP contribution in [0, 0.1) is 11.4 Å². The third-order valence-electron chi connectivity index (χ3n) is 3.43. The zero-order valence-electron chi connectivity index (χ0n) is 11.6. The third-order valence-corrected chi connectivity index (χ3v) is 5.86. The Morgan fingerprint density at radius 1 is 1.20 bits per heavy atom. The first-order chi connectivity index (χ1) is 9.47. The van der Waals surface area contributed by atoms with Crippen LogP contribution in [0.1, 0.15) is 5.56 Å². The van der Waals surface area contributed by atoms with Gasteiger partial charge < -0.3 is 10.6 Å². The van der Waals surface area contributed by atoms with Gasteiger partial charge >= 0.3 is 0 Å². The Morgan fingerprint density at radius 2 is 1.95 bits per heavy atom. The van der Waals surface area contributed by atoms with Crippen LogP contribution < -0.4 is 16.0 Å². The molecule has 0 aliphatic carbocycles. The van der Waals surface area contributed by atoms with E-state index in [0.29, 0.717) is 0 Å². The van der Waals surface area contributed by atoms with E-state index >= 15 is 0 Å². The van der Waals surface area contributed by atoms with Crippen molar-refractivity contribution in [2.24, 2.45) is 4.99 Å². The highest BCUT2D eigenvalue weighted by Gasteiger charge is 2.13. The number of nitrogens with zero attached hydrogens (tertiary/aromatic N) is 2. The quantitative estimate of drug-likeness (QED) is 0.645. The van der Waals surface area contributed by atoms with Crippen LogP contribution in [-0.4, -0.2) is 14.1 Å². The third kappa shape index (κ3) is 2.09. The lowest BCUT2D eigenvalue weighted by Gasteiger charge is -2.16. The Morgan fingerprint density at radius 3 is 2.65 bits per heavy atom. The first-order valence-electron chi connectivity index (χ1n) is 6.31. The van der Waals surface area contributed by atoms with E-state index in [4.69, 9.17) is 21.4 Å². The zero-order chi connectivity index (χ0) is 14.4. The van der Waals surface area contributed by atoms with Crippen LogP contribution in [0.25, 0.3) is 0 Å². The maximum absolute atomic E-state index is 6.67. The van der Waals surface area contributed by atoms with Crippen LogP contribution in [0.4, 0.5) is 17.1 Å². The number of rotatable bonds is 1. The molecule has 0 saturated carbocycles. The summed E-state index contributed by atoms with van der Waals surface area (Å²) in [6, 6.07) is 10.2. The van der Waals surface area contributed by atoms with Crippen molar-refractivity contribution in [2.45, 2.75) is 11.8 Å². The lowest BCUT2D eigenvalue weighted by atomic mass is 10.2. The Labute approximate surface area is 125 Å². The van der Waals surface area contributed by atoms with Gasteiger partial charge in [-0.3, -0.25) is 0 Å². The summed E-state index contributed by atoms with van der Waals surface area (Å²) in [6.07, 6.45) is 0. The molecule has 20 heavy (non-hydrogen) atoms. The molecule has 1 unspecified atom stereocenters. The minimum absolute atomic E-state index is 0.514. The first-order valence-corrected chi connectivity index (χ1v) is 8.36. The molecule has 104 valence electrons. The minimum atomic E-state index is -0.514. The Hall–Kier alpha value is -1.52. The number of nitrogen functional groups attached to an aromatic ring is 1. The molecule has 1 atom stereocenters. The van der Waals surface area contributed by atoms with Crippen molar-refractivity contribution in [3.63, 3.8) is 0 Å². The van der Waals surface area contributed by atoms with Crippen molar-refractivity contribution >= 4 is 37.4 Å². The van der Waals surface area contributed by atoms with Gasteiger partial charge in [-0.2, -0.15) is 0 Å². The second kappa shape index (κ2) is 4.79. The fourth-order valence-electron chi connectivity index (χ4n) is 2.18. The Bertz CT molecular complexity index is 828. The van der Waals surface area contributed by atoms with Crippen molar-refractivity contribution < 1.29 is 0 Å². The number of hydrogen-bond donors (Lipinski definition) is 1. The van der Waals surface area contributed by atoms with Gasteiger partial charge in [0.05, 0.1) is 11.0 Å². The lowest BCUT2D eigenvalue weighted by molar-refractivity contribution is 1.12. The molecule has 0 aromatic heterocycles. The average Bonchev–Trinajstić information content (AvgIpc) is 2.41. The van der Waals surface area contributed by atoms with E-state index in [-0.39, 0.29) is 0 Å². The second-order valence-corrected chi connectivity index (χ2v) is 7.41. The largest absolute Gasteiger partial charge is 0.398 e. The Kier molecular flexibility index (Phi) is 3.22. The normalized spacial score (nSPS) is 16.1. The summed E-state index contributed by atoms with van der Waals surface area (Å²) in [4.78, 5) is 7.79. The average molecular weight is 306 g/mol. The molecule has 3 nitrogen and oxygen atoms in total. The van der Waals surface area contributed by atoms with Crippen LogP contribution >= 0.6 is 20.4 Å². The van der Waals surface area contributed by atoms with Crippen molar-refractivity contribution in [2.75, 3.05) is 24.7 Å². The minimum Gasteiger partial charge on any atom is -0.398 e. The molecule has 0 fully saturated rings. The molecule has 0 saturated heterocycles. The highest BCUT2D eigenvalue weighted by molar-refractivity contribution is 8.29. The predicted molar refractivity (Wildman–Crippen MR) is 87.7 cm³/mol. The van der Waals surface area contributed by atoms with Crippen molar-refractivity contribution in [1.29, 1.82) is 0 Å². The molecule has 0 radical (unpaired) electrons. The van der Waals surface area contributed by atoms with Gasteiger partial charge in [-0.15, -0.1) is 0 Å². The smallest absolute Gasteiger partial charge is 0.0784 e. The molecule has 0 spiro atoms. The molecular formula is C15H16ClN3S. The van der Waals surface area contributed by atoms with Crippen molar-refractivity contribution in [3.8, 4) is 0 Å². The Balaban J connectivity index is 2.34. The topological polar surface area (TPSA) is 41.6 Å². The van der Waals surface area contributed by atoms with Gasteiger partial charge in [0.2, 0.25) is 0 Å². The van der Waals surface area contributed by atoms with Gasteiger partial charge in [0.15, 0.2) is 0 Å². The van der Waals surface area contributed by atoms with E-state index in [1.165, 1.54) is 0 Å². The highest BCUT2D eigenvalue weighted by Crippen LogP contribution is 2.44. The van der Waals surface area contributed by atoms with Crippen LogP contribution in [0.15, 0.2) is 40.2 Å². The van der Waals surface area contributed by atoms with E-state index in [2.05, 4.69) is 17.0 Å². The highest BCUT2D eigenvalue weighted by atomic mass is 35.7. The predicted octanol–water partition coefficient (Wildman–Crippen LogP) is 3.64.